The molecule has 0 atom stereocenters. The van der Waals surface area contributed by atoms with Crippen LogP contribution in [0.2, 0.25) is 0 Å². The van der Waals surface area contributed by atoms with Gasteiger partial charge in [-0.25, -0.2) is 0 Å². The van der Waals surface area contributed by atoms with Crippen LogP contribution in [0, 0.1) is 6.92 Å². The lowest BCUT2D eigenvalue weighted by atomic mass is 10.2. The molecule has 3 heteroatoms. The van der Waals surface area contributed by atoms with Gasteiger partial charge in [0.05, 0.1) is 11.6 Å². The van der Waals surface area contributed by atoms with E-state index in [9.17, 15) is 0 Å². The van der Waals surface area contributed by atoms with Crippen molar-refractivity contribution in [2.24, 2.45) is 0 Å². The zero-order valence-corrected chi connectivity index (χ0v) is 9.03. The SMILES string of the molecule is CNc1cc(C)c(OC)c(Br)c1. The van der Waals surface area contributed by atoms with E-state index in [0.717, 1.165) is 21.5 Å². The van der Waals surface area contributed by atoms with E-state index in [1.165, 1.54) is 0 Å². The third kappa shape index (κ3) is 1.72. The first kappa shape index (κ1) is 9.39. The fourth-order valence-corrected chi connectivity index (χ4v) is 1.85. The van der Waals surface area contributed by atoms with Crippen molar-refractivity contribution in [2.45, 2.75) is 6.92 Å². The van der Waals surface area contributed by atoms with Crippen LogP contribution >= 0.6 is 15.9 Å². The summed E-state index contributed by atoms with van der Waals surface area (Å²) >= 11 is 3.43. The van der Waals surface area contributed by atoms with Gasteiger partial charge in [-0.05, 0) is 40.5 Å². The van der Waals surface area contributed by atoms with Gasteiger partial charge in [-0.1, -0.05) is 0 Å². The number of aryl methyl sites for hydroxylation is 1. The van der Waals surface area contributed by atoms with Crippen molar-refractivity contribution in [3.05, 3.63) is 22.2 Å². The number of nitrogens with one attached hydrogen (secondary N) is 1. The number of methoxy groups -OCH3 is 1. The lowest BCUT2D eigenvalue weighted by Crippen LogP contribution is -1.93. The summed E-state index contributed by atoms with van der Waals surface area (Å²) in [6.45, 7) is 2.02. The Morgan fingerprint density at radius 3 is 2.50 bits per heavy atom. The van der Waals surface area contributed by atoms with Crippen LogP contribution in [0.25, 0.3) is 0 Å². The van der Waals surface area contributed by atoms with Gasteiger partial charge in [0.2, 0.25) is 0 Å². The minimum absolute atomic E-state index is 0.897. The molecule has 66 valence electrons. The monoisotopic (exact) mass is 229 g/mol. The molecule has 0 spiro atoms. The van der Waals surface area contributed by atoms with Gasteiger partial charge in [0.15, 0.2) is 0 Å². The lowest BCUT2D eigenvalue weighted by Gasteiger charge is -2.09. The zero-order chi connectivity index (χ0) is 9.14. The van der Waals surface area contributed by atoms with Crippen molar-refractivity contribution in [1.29, 1.82) is 0 Å². The predicted molar refractivity (Wildman–Crippen MR) is 55.0 cm³/mol. The van der Waals surface area contributed by atoms with E-state index >= 15 is 0 Å². The molecule has 0 amide bonds. The largest absolute Gasteiger partial charge is 0.495 e. The van der Waals surface area contributed by atoms with Crippen LogP contribution in [0.1, 0.15) is 5.56 Å². The molecule has 0 aliphatic heterocycles. The molecule has 0 aliphatic carbocycles. The van der Waals surface area contributed by atoms with E-state index in [1.807, 2.05) is 26.1 Å². The highest BCUT2D eigenvalue weighted by atomic mass is 79.9. The number of halogens is 1. The Labute approximate surface area is 81.1 Å². The summed E-state index contributed by atoms with van der Waals surface area (Å²) in [7, 11) is 3.57. The van der Waals surface area contributed by atoms with E-state index in [4.69, 9.17) is 4.74 Å². The van der Waals surface area contributed by atoms with Crippen LogP contribution in [0.5, 0.6) is 5.75 Å². The number of hydrogen-bond donors (Lipinski definition) is 1. The molecule has 0 heterocycles. The smallest absolute Gasteiger partial charge is 0.136 e. The van der Waals surface area contributed by atoms with Crippen molar-refractivity contribution in [3.63, 3.8) is 0 Å². The highest BCUT2D eigenvalue weighted by molar-refractivity contribution is 9.10. The Morgan fingerprint density at radius 2 is 2.08 bits per heavy atom. The third-order valence-corrected chi connectivity index (χ3v) is 2.31. The van der Waals surface area contributed by atoms with Crippen LogP contribution in [0.15, 0.2) is 16.6 Å². The molecule has 1 aromatic rings. The standard InChI is InChI=1S/C9H12BrNO/c1-6-4-7(11-2)5-8(10)9(6)12-3/h4-5,11H,1-3H3. The fraction of sp³-hybridized carbons (Fsp3) is 0.333. The molecule has 12 heavy (non-hydrogen) atoms. The Morgan fingerprint density at radius 1 is 1.42 bits per heavy atom. The van der Waals surface area contributed by atoms with Crippen molar-refractivity contribution >= 4 is 21.6 Å². The molecule has 0 radical (unpaired) electrons. The van der Waals surface area contributed by atoms with Crippen molar-refractivity contribution in [1.82, 2.24) is 0 Å². The first-order valence-electron chi connectivity index (χ1n) is 3.71. The minimum atomic E-state index is 0.897. The van der Waals surface area contributed by atoms with Crippen LogP contribution < -0.4 is 10.1 Å². The molecule has 0 saturated carbocycles. The molecule has 1 rings (SSSR count). The van der Waals surface area contributed by atoms with Crippen LogP contribution in [0.3, 0.4) is 0 Å². The van der Waals surface area contributed by atoms with Gasteiger partial charge < -0.3 is 10.1 Å². The van der Waals surface area contributed by atoms with E-state index in [1.54, 1.807) is 7.11 Å². The first-order chi connectivity index (χ1) is 5.69. The molecule has 1 N–H and O–H groups in total. The molecule has 0 aliphatic rings. The molecule has 0 saturated heterocycles. The fourth-order valence-electron chi connectivity index (χ4n) is 1.13. The highest BCUT2D eigenvalue weighted by Gasteiger charge is 2.04. The molecule has 0 unspecified atom stereocenters. The van der Waals surface area contributed by atoms with Gasteiger partial charge >= 0.3 is 0 Å². The topological polar surface area (TPSA) is 21.3 Å². The van der Waals surface area contributed by atoms with E-state index in [-0.39, 0.29) is 0 Å². The molecular formula is C9H12BrNO. The van der Waals surface area contributed by atoms with Crippen molar-refractivity contribution in [3.8, 4) is 5.75 Å². The van der Waals surface area contributed by atoms with Crippen LogP contribution in [0.4, 0.5) is 5.69 Å². The predicted octanol–water partition coefficient (Wildman–Crippen LogP) is 2.81. The first-order valence-corrected chi connectivity index (χ1v) is 4.50. The molecule has 2 nitrogen and oxygen atoms in total. The summed E-state index contributed by atoms with van der Waals surface area (Å²) in [6, 6.07) is 4.04. The van der Waals surface area contributed by atoms with Gasteiger partial charge in [0.25, 0.3) is 0 Å². The average Bonchev–Trinajstić information content (AvgIpc) is 2.03. The summed E-state index contributed by atoms with van der Waals surface area (Å²) in [5.74, 6) is 0.897. The highest BCUT2D eigenvalue weighted by Crippen LogP contribution is 2.31. The average molecular weight is 230 g/mol. The molecule has 1 aromatic carbocycles. The summed E-state index contributed by atoms with van der Waals surface area (Å²) in [5, 5.41) is 3.07. The molecular weight excluding hydrogens is 218 g/mol. The normalized spacial score (nSPS) is 9.67. The summed E-state index contributed by atoms with van der Waals surface area (Å²) in [6.07, 6.45) is 0. The number of rotatable bonds is 2. The van der Waals surface area contributed by atoms with Crippen molar-refractivity contribution in [2.75, 3.05) is 19.5 Å². The van der Waals surface area contributed by atoms with E-state index in [0.29, 0.717) is 0 Å². The summed E-state index contributed by atoms with van der Waals surface area (Å²) < 4.78 is 6.18. The van der Waals surface area contributed by atoms with Gasteiger partial charge in [-0.15, -0.1) is 0 Å². The van der Waals surface area contributed by atoms with Crippen LogP contribution in [-0.2, 0) is 0 Å². The maximum atomic E-state index is 5.20. The number of anilines is 1. The minimum Gasteiger partial charge on any atom is -0.495 e. The lowest BCUT2D eigenvalue weighted by molar-refractivity contribution is 0.409. The van der Waals surface area contributed by atoms with Gasteiger partial charge in [0, 0.05) is 12.7 Å². The Hall–Kier alpha value is -0.700. The van der Waals surface area contributed by atoms with E-state index in [2.05, 4.69) is 21.2 Å². The summed E-state index contributed by atoms with van der Waals surface area (Å²) in [5.41, 5.74) is 2.20. The Kier molecular flexibility index (Phi) is 2.98. The van der Waals surface area contributed by atoms with Gasteiger partial charge in [-0.3, -0.25) is 0 Å². The number of benzene rings is 1. The number of hydrogen-bond acceptors (Lipinski definition) is 2. The third-order valence-electron chi connectivity index (χ3n) is 1.72. The molecule has 0 aromatic heterocycles. The summed E-state index contributed by atoms with van der Waals surface area (Å²) in [4.78, 5) is 0. The van der Waals surface area contributed by atoms with Crippen molar-refractivity contribution < 1.29 is 4.74 Å². The molecule has 0 fully saturated rings. The van der Waals surface area contributed by atoms with Gasteiger partial charge in [0.1, 0.15) is 5.75 Å². The van der Waals surface area contributed by atoms with E-state index < -0.39 is 0 Å². The second-order valence-corrected chi connectivity index (χ2v) is 3.41. The Bertz CT molecular complexity index is 263. The second-order valence-electron chi connectivity index (χ2n) is 2.56. The maximum absolute atomic E-state index is 5.20. The number of ether oxygens (including phenoxy) is 1. The molecule has 0 bridgehead atoms. The zero-order valence-electron chi connectivity index (χ0n) is 7.44. The maximum Gasteiger partial charge on any atom is 0.136 e. The van der Waals surface area contributed by atoms with Crippen LogP contribution in [-0.4, -0.2) is 14.2 Å². The Balaban J connectivity index is 3.18. The van der Waals surface area contributed by atoms with Gasteiger partial charge in [-0.2, -0.15) is 0 Å². The quantitative estimate of drug-likeness (QED) is 0.843. The second kappa shape index (κ2) is 3.81.